The SMILES string of the molecule is C[C@@H](N1CCN(c2ccc(-n3cnn(Cc4ccccc4C(F)(F)F)c3=O)cc2)CC1)[C@](O)(Cn1cncn1)c1ccc(F)cc1F. The number of benzene rings is 3. The van der Waals surface area contributed by atoms with Gasteiger partial charge in [0.05, 0.1) is 24.3 Å². The fourth-order valence-electron chi connectivity index (χ4n) is 6.06. The molecule has 6 rings (SSSR count). The van der Waals surface area contributed by atoms with E-state index in [1.54, 1.807) is 19.1 Å². The van der Waals surface area contributed by atoms with Gasteiger partial charge in [0.15, 0.2) is 0 Å². The first kappa shape index (κ1) is 32.1. The van der Waals surface area contributed by atoms with Crippen LogP contribution < -0.4 is 10.6 Å². The van der Waals surface area contributed by atoms with Crippen LogP contribution in [0.4, 0.5) is 27.6 Å². The van der Waals surface area contributed by atoms with Crippen molar-refractivity contribution < 1.29 is 27.1 Å². The van der Waals surface area contributed by atoms with E-state index in [9.17, 15) is 31.9 Å². The van der Waals surface area contributed by atoms with Crippen molar-refractivity contribution in [2.75, 3.05) is 31.1 Å². The van der Waals surface area contributed by atoms with Crippen molar-refractivity contribution in [2.45, 2.75) is 37.8 Å². The number of anilines is 1. The topological polar surface area (TPSA) is 97.2 Å². The lowest BCUT2D eigenvalue weighted by molar-refractivity contribution is -0.138. The molecule has 1 N–H and O–H groups in total. The third-order valence-electron chi connectivity index (χ3n) is 8.69. The Morgan fingerprint density at radius 1 is 0.872 bits per heavy atom. The number of rotatable bonds is 9. The second-order valence-electron chi connectivity index (χ2n) is 11.5. The standard InChI is InChI=1S/C32H31F5N8O2/c1-22(31(47,18-43-20-38-19-39-43)28-11-6-24(33)16-29(28)34)41-12-14-42(15-13-41)25-7-9-26(10-8-25)44-21-40-45(30(44)46)17-23-4-2-3-5-27(23)32(35,36)37/h2-11,16,19-22,47H,12-15,17-18H2,1H3/t22-,31-/m1/s1. The summed E-state index contributed by atoms with van der Waals surface area (Å²) in [6.45, 7) is 3.57. The summed E-state index contributed by atoms with van der Waals surface area (Å²) in [6, 6.07) is 14.8. The highest BCUT2D eigenvalue weighted by Crippen LogP contribution is 2.34. The number of nitrogens with zero attached hydrogens (tertiary/aromatic N) is 8. The minimum Gasteiger partial charge on any atom is -0.381 e. The van der Waals surface area contributed by atoms with Gasteiger partial charge in [-0.3, -0.25) is 4.90 Å². The van der Waals surface area contributed by atoms with Crippen LogP contribution in [0.1, 0.15) is 23.6 Å². The van der Waals surface area contributed by atoms with E-state index < -0.39 is 40.7 Å². The van der Waals surface area contributed by atoms with Gasteiger partial charge in [-0.05, 0) is 48.9 Å². The number of hydrogen-bond donors (Lipinski definition) is 1. The summed E-state index contributed by atoms with van der Waals surface area (Å²) in [5.74, 6) is -1.60. The molecule has 1 saturated heterocycles. The van der Waals surface area contributed by atoms with Crippen molar-refractivity contribution in [1.82, 2.24) is 34.0 Å². The molecule has 2 atom stereocenters. The number of alkyl halides is 3. The van der Waals surface area contributed by atoms with Crippen LogP contribution in [-0.4, -0.2) is 71.3 Å². The second-order valence-corrected chi connectivity index (χ2v) is 11.5. The molecule has 5 aromatic rings. The molecule has 0 unspecified atom stereocenters. The Balaban J connectivity index is 1.14. The van der Waals surface area contributed by atoms with Gasteiger partial charge in [-0.1, -0.05) is 24.3 Å². The molecule has 47 heavy (non-hydrogen) atoms. The van der Waals surface area contributed by atoms with Crippen LogP contribution in [0.2, 0.25) is 0 Å². The first-order chi connectivity index (χ1) is 22.4. The van der Waals surface area contributed by atoms with Crippen molar-refractivity contribution >= 4 is 5.69 Å². The van der Waals surface area contributed by atoms with Gasteiger partial charge in [-0.2, -0.15) is 23.4 Å². The molecule has 1 fully saturated rings. The van der Waals surface area contributed by atoms with E-state index in [2.05, 4.69) is 20.1 Å². The Bertz CT molecular complexity index is 1880. The third-order valence-corrected chi connectivity index (χ3v) is 8.69. The molecule has 2 aromatic heterocycles. The van der Waals surface area contributed by atoms with Crippen LogP contribution in [0.25, 0.3) is 5.69 Å². The van der Waals surface area contributed by atoms with Gasteiger partial charge < -0.3 is 10.0 Å². The number of aromatic nitrogens is 6. The van der Waals surface area contributed by atoms with Gasteiger partial charge in [0.25, 0.3) is 0 Å². The summed E-state index contributed by atoms with van der Waals surface area (Å²) in [5, 5.41) is 20.0. The number of hydrogen-bond acceptors (Lipinski definition) is 7. The lowest BCUT2D eigenvalue weighted by Gasteiger charge is -2.45. The Labute approximate surface area is 265 Å². The molecular formula is C32H31F5N8O2. The first-order valence-corrected chi connectivity index (χ1v) is 14.8. The predicted molar refractivity (Wildman–Crippen MR) is 162 cm³/mol. The molecule has 15 heteroatoms. The van der Waals surface area contributed by atoms with Crippen molar-refractivity contribution in [3.8, 4) is 5.69 Å². The van der Waals surface area contributed by atoms with Gasteiger partial charge in [0.1, 0.15) is 36.2 Å². The molecule has 0 amide bonds. The van der Waals surface area contributed by atoms with Crippen molar-refractivity contribution in [1.29, 1.82) is 0 Å². The number of piperazine rings is 1. The van der Waals surface area contributed by atoms with Gasteiger partial charge in [0.2, 0.25) is 0 Å². The highest BCUT2D eigenvalue weighted by Gasteiger charge is 2.42. The molecule has 10 nitrogen and oxygen atoms in total. The van der Waals surface area contributed by atoms with E-state index in [-0.39, 0.29) is 24.2 Å². The maximum atomic E-state index is 15.0. The molecule has 0 saturated carbocycles. The summed E-state index contributed by atoms with van der Waals surface area (Å²) in [7, 11) is 0. The lowest BCUT2D eigenvalue weighted by atomic mass is 9.85. The van der Waals surface area contributed by atoms with Gasteiger partial charge in [-0.15, -0.1) is 0 Å². The normalized spacial score (nSPS) is 16.3. The van der Waals surface area contributed by atoms with Crippen LogP contribution in [0.3, 0.4) is 0 Å². The van der Waals surface area contributed by atoms with Crippen molar-refractivity contribution in [3.63, 3.8) is 0 Å². The zero-order valence-electron chi connectivity index (χ0n) is 25.2. The van der Waals surface area contributed by atoms with Crippen LogP contribution in [0.5, 0.6) is 0 Å². The zero-order valence-corrected chi connectivity index (χ0v) is 25.2. The van der Waals surface area contributed by atoms with Gasteiger partial charge in [0, 0.05) is 49.5 Å². The molecule has 1 aliphatic rings. The van der Waals surface area contributed by atoms with Crippen LogP contribution in [0.15, 0.2) is 90.5 Å². The minimum atomic E-state index is -4.55. The number of aliphatic hydroxyl groups is 1. The van der Waals surface area contributed by atoms with E-state index in [1.165, 1.54) is 52.5 Å². The number of halogens is 5. The highest BCUT2D eigenvalue weighted by molar-refractivity contribution is 5.51. The predicted octanol–water partition coefficient (Wildman–Crippen LogP) is 4.07. The molecule has 1 aliphatic heterocycles. The van der Waals surface area contributed by atoms with Crippen LogP contribution in [0, 0.1) is 11.6 Å². The molecule has 246 valence electrons. The largest absolute Gasteiger partial charge is 0.416 e. The molecule has 0 aliphatic carbocycles. The van der Waals surface area contributed by atoms with Gasteiger partial charge >= 0.3 is 11.9 Å². The average Bonchev–Trinajstić information content (AvgIpc) is 3.70. The fourth-order valence-corrected chi connectivity index (χ4v) is 6.06. The summed E-state index contributed by atoms with van der Waals surface area (Å²) >= 11 is 0. The van der Waals surface area contributed by atoms with E-state index in [0.29, 0.717) is 31.9 Å². The molecule has 3 aromatic carbocycles. The minimum absolute atomic E-state index is 0.0388. The Morgan fingerprint density at radius 2 is 1.57 bits per heavy atom. The molecule has 3 heterocycles. The van der Waals surface area contributed by atoms with Gasteiger partial charge in [-0.25, -0.2) is 32.5 Å². The van der Waals surface area contributed by atoms with Crippen LogP contribution in [-0.2, 0) is 24.9 Å². The van der Waals surface area contributed by atoms with E-state index in [4.69, 9.17) is 0 Å². The Hall–Kier alpha value is -4.89. The quantitative estimate of drug-likeness (QED) is 0.240. The summed E-state index contributed by atoms with van der Waals surface area (Å²) in [4.78, 5) is 21.1. The maximum Gasteiger partial charge on any atom is 0.416 e. The van der Waals surface area contributed by atoms with Crippen LogP contribution >= 0.6 is 0 Å². The summed E-state index contributed by atoms with van der Waals surface area (Å²) in [6.07, 6.45) is -0.539. The maximum absolute atomic E-state index is 15.0. The Kier molecular flexibility index (Phi) is 8.68. The molecule has 0 spiro atoms. The van der Waals surface area contributed by atoms with E-state index in [1.807, 2.05) is 17.0 Å². The Morgan fingerprint density at radius 3 is 2.23 bits per heavy atom. The highest BCUT2D eigenvalue weighted by atomic mass is 19.4. The van der Waals surface area contributed by atoms with E-state index >= 15 is 0 Å². The molecule has 0 bridgehead atoms. The summed E-state index contributed by atoms with van der Waals surface area (Å²) in [5.41, 5.74) is -1.86. The lowest BCUT2D eigenvalue weighted by Crippen LogP contribution is -2.57. The monoisotopic (exact) mass is 654 g/mol. The first-order valence-electron chi connectivity index (χ1n) is 14.8. The summed E-state index contributed by atoms with van der Waals surface area (Å²) < 4.78 is 72.7. The smallest absolute Gasteiger partial charge is 0.381 e. The third kappa shape index (κ3) is 6.53. The fraction of sp³-hybridized carbons (Fsp3) is 0.312. The van der Waals surface area contributed by atoms with E-state index in [0.717, 1.165) is 28.6 Å². The zero-order chi connectivity index (χ0) is 33.3. The average molecular weight is 655 g/mol. The van der Waals surface area contributed by atoms with Crippen molar-refractivity contribution in [2.24, 2.45) is 0 Å². The molecule has 0 radical (unpaired) electrons. The second kappa shape index (κ2) is 12.7. The molecular weight excluding hydrogens is 623 g/mol. The van der Waals surface area contributed by atoms with Crippen molar-refractivity contribution in [3.05, 3.63) is 125 Å².